The lowest BCUT2D eigenvalue weighted by molar-refractivity contribution is -0.118. The fourth-order valence-electron chi connectivity index (χ4n) is 2.87. The Hall–Kier alpha value is -3.38. The lowest BCUT2D eigenvalue weighted by Crippen LogP contribution is -2.20. The van der Waals surface area contributed by atoms with Gasteiger partial charge in [0.2, 0.25) is 5.89 Å². The number of hydrogen-bond donors (Lipinski definition) is 1. The third kappa shape index (κ3) is 4.22. The number of ether oxygens (including phenoxy) is 1. The minimum atomic E-state index is -0.415. The van der Waals surface area contributed by atoms with Gasteiger partial charge in [0.15, 0.2) is 12.2 Å². The van der Waals surface area contributed by atoms with Crippen LogP contribution in [0.2, 0.25) is 5.02 Å². The van der Waals surface area contributed by atoms with Crippen molar-refractivity contribution in [2.45, 2.75) is 6.92 Å². The molecule has 1 aromatic heterocycles. The normalized spacial score (nSPS) is 10.9. The molecular weight excluding hydrogens is 395 g/mol. The molecule has 1 heterocycles. The Balaban J connectivity index is 1.46. The topological polar surface area (TPSA) is 64.4 Å². The Bertz CT molecular complexity index is 1210. The molecular formula is C22H16ClFN2O3. The van der Waals surface area contributed by atoms with Gasteiger partial charge < -0.3 is 14.5 Å². The molecule has 146 valence electrons. The number of anilines is 1. The van der Waals surface area contributed by atoms with Crippen molar-refractivity contribution in [1.82, 2.24) is 4.98 Å². The van der Waals surface area contributed by atoms with Crippen molar-refractivity contribution in [2.75, 3.05) is 11.9 Å². The zero-order chi connectivity index (χ0) is 20.4. The number of carbonyl (C=O) groups excluding carboxylic acids is 1. The van der Waals surface area contributed by atoms with Crippen LogP contribution in [0.5, 0.6) is 5.75 Å². The molecule has 0 fully saturated rings. The van der Waals surface area contributed by atoms with Crippen LogP contribution >= 0.6 is 11.6 Å². The summed E-state index contributed by atoms with van der Waals surface area (Å²) in [6, 6.07) is 16.5. The van der Waals surface area contributed by atoms with Crippen molar-refractivity contribution in [2.24, 2.45) is 0 Å². The summed E-state index contributed by atoms with van der Waals surface area (Å²) >= 11 is 5.91. The minimum Gasteiger partial charge on any atom is -0.483 e. The van der Waals surface area contributed by atoms with Crippen LogP contribution in [-0.2, 0) is 4.79 Å². The summed E-state index contributed by atoms with van der Waals surface area (Å²) < 4.78 is 25.1. The highest BCUT2D eigenvalue weighted by molar-refractivity contribution is 6.30. The maximum atomic E-state index is 14.0. The molecule has 0 radical (unpaired) electrons. The Kier molecular flexibility index (Phi) is 5.18. The highest BCUT2D eigenvalue weighted by Crippen LogP contribution is 2.28. The second-order valence-electron chi connectivity index (χ2n) is 6.43. The summed E-state index contributed by atoms with van der Waals surface area (Å²) in [6.45, 7) is 1.70. The first-order chi connectivity index (χ1) is 14.0. The van der Waals surface area contributed by atoms with E-state index in [2.05, 4.69) is 10.3 Å². The number of amides is 1. The van der Waals surface area contributed by atoms with Crippen LogP contribution in [-0.4, -0.2) is 17.5 Å². The Morgan fingerprint density at radius 3 is 2.79 bits per heavy atom. The standard InChI is InChI=1S/C22H16ClFN2O3/c1-13-10-14(23)6-8-19(13)28-12-21(27)25-15-7-9-20-18(11-15)26-22(29-20)16-4-2-3-5-17(16)24/h2-11H,12H2,1H3,(H,25,27). The first kappa shape index (κ1) is 19.0. The molecule has 4 aromatic rings. The lowest BCUT2D eigenvalue weighted by Gasteiger charge is -2.09. The summed E-state index contributed by atoms with van der Waals surface area (Å²) in [7, 11) is 0. The van der Waals surface area contributed by atoms with Crippen molar-refractivity contribution in [1.29, 1.82) is 0 Å². The van der Waals surface area contributed by atoms with E-state index in [0.29, 0.717) is 27.6 Å². The van der Waals surface area contributed by atoms with Crippen molar-refractivity contribution in [3.63, 3.8) is 0 Å². The van der Waals surface area contributed by atoms with Crippen molar-refractivity contribution in [3.05, 3.63) is 77.1 Å². The number of carbonyl (C=O) groups is 1. The number of oxazole rings is 1. The van der Waals surface area contributed by atoms with E-state index in [-0.39, 0.29) is 24.0 Å². The fourth-order valence-corrected chi connectivity index (χ4v) is 3.10. The number of aryl methyl sites for hydroxylation is 1. The number of hydrogen-bond acceptors (Lipinski definition) is 4. The zero-order valence-electron chi connectivity index (χ0n) is 15.4. The Morgan fingerprint density at radius 1 is 1.17 bits per heavy atom. The van der Waals surface area contributed by atoms with Gasteiger partial charge in [0.1, 0.15) is 17.1 Å². The summed E-state index contributed by atoms with van der Waals surface area (Å²) in [5, 5.41) is 3.36. The van der Waals surface area contributed by atoms with Crippen LogP contribution in [0.15, 0.2) is 65.1 Å². The number of fused-ring (bicyclic) bond motifs is 1. The van der Waals surface area contributed by atoms with Gasteiger partial charge in [-0.3, -0.25) is 4.79 Å². The minimum absolute atomic E-state index is 0.153. The largest absolute Gasteiger partial charge is 0.483 e. The summed E-state index contributed by atoms with van der Waals surface area (Å²) in [5.41, 5.74) is 2.66. The van der Waals surface area contributed by atoms with E-state index in [1.165, 1.54) is 6.07 Å². The van der Waals surface area contributed by atoms with E-state index in [0.717, 1.165) is 5.56 Å². The molecule has 0 aliphatic carbocycles. The molecule has 0 aliphatic heterocycles. The highest BCUT2D eigenvalue weighted by atomic mass is 35.5. The number of nitrogens with zero attached hydrogens (tertiary/aromatic N) is 1. The predicted molar refractivity (Wildman–Crippen MR) is 110 cm³/mol. The lowest BCUT2D eigenvalue weighted by atomic mass is 10.2. The third-order valence-corrected chi connectivity index (χ3v) is 4.51. The van der Waals surface area contributed by atoms with E-state index in [1.807, 2.05) is 6.92 Å². The number of benzene rings is 3. The molecule has 0 aliphatic rings. The quantitative estimate of drug-likeness (QED) is 0.464. The van der Waals surface area contributed by atoms with Crippen molar-refractivity contribution >= 4 is 34.3 Å². The van der Waals surface area contributed by atoms with E-state index in [4.69, 9.17) is 20.8 Å². The summed E-state index contributed by atoms with van der Waals surface area (Å²) in [5.74, 6) is 0.0351. The van der Waals surface area contributed by atoms with Gasteiger partial charge in [-0.2, -0.15) is 0 Å². The molecule has 0 spiro atoms. The molecule has 0 atom stereocenters. The van der Waals surface area contributed by atoms with Gasteiger partial charge in [-0.15, -0.1) is 0 Å². The molecule has 7 heteroatoms. The van der Waals surface area contributed by atoms with Crippen LogP contribution in [0.3, 0.4) is 0 Å². The van der Waals surface area contributed by atoms with Crippen molar-refractivity contribution < 1.29 is 18.3 Å². The van der Waals surface area contributed by atoms with Crippen molar-refractivity contribution in [3.8, 4) is 17.2 Å². The average Bonchev–Trinajstić information content (AvgIpc) is 3.10. The first-order valence-corrected chi connectivity index (χ1v) is 9.22. The average molecular weight is 411 g/mol. The van der Waals surface area contributed by atoms with Gasteiger partial charge >= 0.3 is 0 Å². The van der Waals surface area contributed by atoms with E-state index in [9.17, 15) is 9.18 Å². The van der Waals surface area contributed by atoms with Gasteiger partial charge in [0.05, 0.1) is 5.56 Å². The second kappa shape index (κ2) is 7.93. The summed E-state index contributed by atoms with van der Waals surface area (Å²) in [4.78, 5) is 16.5. The monoisotopic (exact) mass is 410 g/mol. The number of nitrogens with one attached hydrogen (secondary N) is 1. The fraction of sp³-hybridized carbons (Fsp3) is 0.0909. The molecule has 3 aromatic carbocycles. The third-order valence-electron chi connectivity index (χ3n) is 4.27. The van der Waals surface area contributed by atoms with Crippen LogP contribution in [0.4, 0.5) is 10.1 Å². The molecule has 29 heavy (non-hydrogen) atoms. The number of rotatable bonds is 5. The van der Waals surface area contributed by atoms with E-state index in [1.54, 1.807) is 54.6 Å². The van der Waals surface area contributed by atoms with Crippen LogP contribution in [0.1, 0.15) is 5.56 Å². The molecule has 5 nitrogen and oxygen atoms in total. The molecule has 1 amide bonds. The predicted octanol–water partition coefficient (Wildman–Crippen LogP) is 5.61. The van der Waals surface area contributed by atoms with Crippen LogP contribution < -0.4 is 10.1 Å². The molecule has 0 saturated heterocycles. The first-order valence-electron chi connectivity index (χ1n) is 8.84. The SMILES string of the molecule is Cc1cc(Cl)ccc1OCC(=O)Nc1ccc2oc(-c3ccccc3F)nc2c1. The van der Waals surface area contributed by atoms with Gasteiger partial charge in [-0.1, -0.05) is 23.7 Å². The maximum absolute atomic E-state index is 14.0. The highest BCUT2D eigenvalue weighted by Gasteiger charge is 2.13. The zero-order valence-corrected chi connectivity index (χ0v) is 16.2. The smallest absolute Gasteiger partial charge is 0.262 e. The van der Waals surface area contributed by atoms with Crippen LogP contribution in [0, 0.1) is 12.7 Å². The number of halogens is 2. The summed E-state index contributed by atoms with van der Waals surface area (Å²) in [6.07, 6.45) is 0. The molecule has 0 bridgehead atoms. The van der Waals surface area contributed by atoms with Gasteiger partial charge in [0.25, 0.3) is 5.91 Å². The Morgan fingerprint density at radius 2 is 2.00 bits per heavy atom. The van der Waals surface area contributed by atoms with Gasteiger partial charge in [-0.05, 0) is 61.0 Å². The molecule has 0 saturated carbocycles. The molecule has 0 unspecified atom stereocenters. The maximum Gasteiger partial charge on any atom is 0.262 e. The number of aromatic nitrogens is 1. The molecule has 4 rings (SSSR count). The van der Waals surface area contributed by atoms with E-state index < -0.39 is 5.82 Å². The van der Waals surface area contributed by atoms with Crippen LogP contribution in [0.25, 0.3) is 22.6 Å². The van der Waals surface area contributed by atoms with Gasteiger partial charge in [0, 0.05) is 10.7 Å². The van der Waals surface area contributed by atoms with Gasteiger partial charge in [-0.25, -0.2) is 9.37 Å². The molecule has 1 N–H and O–H groups in total. The second-order valence-corrected chi connectivity index (χ2v) is 6.86. The Labute approximate surface area is 171 Å². The van der Waals surface area contributed by atoms with E-state index >= 15 is 0 Å².